The standard InChI is InChI=1S/C22H17F3N4OS/c1-28(20-8-7-17(31-2)12-26-20)21(30)15-9-10-29-19(11-15)18(13-27-29)14-3-5-16(6-4-14)22(23,24)25/h3-13H,1-2H3. The first-order valence-corrected chi connectivity index (χ1v) is 10.4. The first-order chi connectivity index (χ1) is 14.8. The highest BCUT2D eigenvalue weighted by molar-refractivity contribution is 7.98. The van der Waals surface area contributed by atoms with E-state index in [1.54, 1.807) is 60.1 Å². The summed E-state index contributed by atoms with van der Waals surface area (Å²) in [5, 5.41) is 4.24. The molecule has 0 aliphatic carbocycles. The van der Waals surface area contributed by atoms with Gasteiger partial charge in [-0.2, -0.15) is 18.3 Å². The molecule has 0 unspecified atom stereocenters. The van der Waals surface area contributed by atoms with Gasteiger partial charge >= 0.3 is 6.18 Å². The molecule has 0 radical (unpaired) electrons. The molecule has 31 heavy (non-hydrogen) atoms. The summed E-state index contributed by atoms with van der Waals surface area (Å²) < 4.78 is 40.1. The summed E-state index contributed by atoms with van der Waals surface area (Å²) >= 11 is 1.56. The lowest BCUT2D eigenvalue weighted by atomic mass is 10.0. The molecule has 0 fully saturated rings. The highest BCUT2D eigenvalue weighted by Gasteiger charge is 2.30. The SMILES string of the molecule is CSc1ccc(N(C)C(=O)c2ccn3ncc(-c4ccc(C(F)(F)F)cc4)c3c2)nc1. The molecule has 0 spiro atoms. The van der Waals surface area contributed by atoms with Crippen LogP contribution in [-0.4, -0.2) is 33.8 Å². The molecule has 4 aromatic rings. The fourth-order valence-corrected chi connectivity index (χ4v) is 3.53. The Labute approximate surface area is 180 Å². The van der Waals surface area contributed by atoms with Crippen molar-refractivity contribution in [2.24, 2.45) is 0 Å². The van der Waals surface area contributed by atoms with Gasteiger partial charge in [0.1, 0.15) is 5.82 Å². The predicted molar refractivity (Wildman–Crippen MR) is 114 cm³/mol. The maximum Gasteiger partial charge on any atom is 0.416 e. The van der Waals surface area contributed by atoms with Gasteiger partial charge in [-0.3, -0.25) is 9.69 Å². The van der Waals surface area contributed by atoms with E-state index in [-0.39, 0.29) is 5.91 Å². The van der Waals surface area contributed by atoms with Gasteiger partial charge in [0.25, 0.3) is 5.91 Å². The minimum atomic E-state index is -4.40. The van der Waals surface area contributed by atoms with Crippen molar-refractivity contribution in [3.8, 4) is 11.1 Å². The number of anilines is 1. The van der Waals surface area contributed by atoms with E-state index in [9.17, 15) is 18.0 Å². The number of hydrogen-bond acceptors (Lipinski definition) is 4. The van der Waals surface area contributed by atoms with Gasteiger partial charge in [0.2, 0.25) is 0 Å². The summed E-state index contributed by atoms with van der Waals surface area (Å²) in [5.41, 5.74) is 1.53. The zero-order valence-electron chi connectivity index (χ0n) is 16.6. The molecule has 0 saturated heterocycles. The Bertz CT molecular complexity index is 1230. The Balaban J connectivity index is 1.67. The van der Waals surface area contributed by atoms with Crippen LogP contribution < -0.4 is 4.90 Å². The van der Waals surface area contributed by atoms with E-state index in [4.69, 9.17) is 0 Å². The normalized spacial score (nSPS) is 11.6. The summed E-state index contributed by atoms with van der Waals surface area (Å²) in [6, 6.07) is 11.8. The van der Waals surface area contributed by atoms with Crippen LogP contribution in [0.5, 0.6) is 0 Å². The Morgan fingerprint density at radius 3 is 2.42 bits per heavy atom. The second kappa shape index (κ2) is 8.07. The lowest BCUT2D eigenvalue weighted by Crippen LogP contribution is -2.27. The number of aromatic nitrogens is 3. The molecular formula is C22H17F3N4OS. The maximum absolute atomic E-state index is 13.0. The third-order valence-electron chi connectivity index (χ3n) is 4.90. The van der Waals surface area contributed by atoms with Crippen LogP contribution in [0, 0.1) is 0 Å². The third-order valence-corrected chi connectivity index (χ3v) is 5.61. The van der Waals surface area contributed by atoms with Gasteiger partial charge in [-0.15, -0.1) is 11.8 Å². The van der Waals surface area contributed by atoms with Crippen LogP contribution in [0.1, 0.15) is 15.9 Å². The van der Waals surface area contributed by atoms with Gasteiger partial charge in [-0.25, -0.2) is 9.50 Å². The lowest BCUT2D eigenvalue weighted by Gasteiger charge is -2.16. The number of rotatable bonds is 4. The van der Waals surface area contributed by atoms with Gasteiger partial charge in [-0.05, 0) is 48.2 Å². The molecule has 9 heteroatoms. The monoisotopic (exact) mass is 442 g/mol. The van der Waals surface area contributed by atoms with Crippen LogP contribution in [-0.2, 0) is 6.18 Å². The number of nitrogens with zero attached hydrogens (tertiary/aromatic N) is 4. The third kappa shape index (κ3) is 4.13. The van der Waals surface area contributed by atoms with Crippen molar-refractivity contribution in [1.82, 2.24) is 14.6 Å². The Kier molecular flexibility index (Phi) is 5.45. The second-order valence-electron chi connectivity index (χ2n) is 6.80. The lowest BCUT2D eigenvalue weighted by molar-refractivity contribution is -0.137. The molecule has 4 rings (SSSR count). The van der Waals surface area contributed by atoms with E-state index in [0.29, 0.717) is 28.0 Å². The molecule has 0 N–H and O–H groups in total. The summed E-state index contributed by atoms with van der Waals surface area (Å²) in [4.78, 5) is 19.8. The average Bonchev–Trinajstić information content (AvgIpc) is 3.21. The van der Waals surface area contributed by atoms with Crippen molar-refractivity contribution in [3.63, 3.8) is 0 Å². The smallest absolute Gasteiger partial charge is 0.296 e. The minimum absolute atomic E-state index is 0.258. The number of pyridine rings is 2. The fourth-order valence-electron chi connectivity index (χ4n) is 3.16. The van der Waals surface area contributed by atoms with Crippen LogP contribution in [0.2, 0.25) is 0 Å². The van der Waals surface area contributed by atoms with E-state index >= 15 is 0 Å². The van der Waals surface area contributed by atoms with Crippen LogP contribution >= 0.6 is 11.8 Å². The largest absolute Gasteiger partial charge is 0.416 e. The van der Waals surface area contributed by atoms with Gasteiger partial charge in [0.05, 0.1) is 17.3 Å². The highest BCUT2D eigenvalue weighted by atomic mass is 32.2. The number of alkyl halides is 3. The molecule has 158 valence electrons. The summed E-state index contributed by atoms with van der Waals surface area (Å²) in [7, 11) is 1.64. The zero-order chi connectivity index (χ0) is 22.2. The molecule has 3 aromatic heterocycles. The molecular weight excluding hydrogens is 425 g/mol. The van der Waals surface area contributed by atoms with E-state index in [1.165, 1.54) is 17.0 Å². The van der Waals surface area contributed by atoms with Crippen LogP contribution in [0.15, 0.2) is 72.0 Å². The molecule has 3 heterocycles. The van der Waals surface area contributed by atoms with Crippen LogP contribution in [0.3, 0.4) is 0 Å². The minimum Gasteiger partial charge on any atom is -0.296 e. The van der Waals surface area contributed by atoms with Crippen molar-refractivity contribution in [1.29, 1.82) is 0 Å². The fraction of sp³-hybridized carbons (Fsp3) is 0.136. The van der Waals surface area contributed by atoms with E-state index < -0.39 is 11.7 Å². The molecule has 0 saturated carbocycles. The summed E-state index contributed by atoms with van der Waals surface area (Å²) in [6.45, 7) is 0. The van der Waals surface area contributed by atoms with Crippen molar-refractivity contribution < 1.29 is 18.0 Å². The predicted octanol–water partition coefficient (Wildman–Crippen LogP) is 5.41. The van der Waals surface area contributed by atoms with Crippen LogP contribution in [0.25, 0.3) is 16.6 Å². The van der Waals surface area contributed by atoms with Crippen molar-refractivity contribution in [2.75, 3.05) is 18.2 Å². The number of hydrogen-bond donors (Lipinski definition) is 0. The number of halogens is 3. The second-order valence-corrected chi connectivity index (χ2v) is 7.68. The summed E-state index contributed by atoms with van der Waals surface area (Å²) in [6.07, 6.45) is 2.46. The quantitative estimate of drug-likeness (QED) is 0.397. The molecule has 1 amide bonds. The van der Waals surface area contributed by atoms with Crippen molar-refractivity contribution >= 4 is 29.0 Å². The Morgan fingerprint density at radius 1 is 1.06 bits per heavy atom. The maximum atomic E-state index is 13.0. The Hall–Kier alpha value is -3.33. The van der Waals surface area contributed by atoms with E-state index in [1.807, 2.05) is 12.3 Å². The Morgan fingerprint density at radius 2 is 1.81 bits per heavy atom. The van der Waals surface area contributed by atoms with Gasteiger partial charge in [0, 0.05) is 35.5 Å². The van der Waals surface area contributed by atoms with Gasteiger partial charge in [0.15, 0.2) is 0 Å². The van der Waals surface area contributed by atoms with E-state index in [0.717, 1.165) is 17.0 Å². The first kappa shape index (κ1) is 20.9. The molecule has 5 nitrogen and oxygen atoms in total. The van der Waals surface area contributed by atoms with Gasteiger partial charge in [-0.1, -0.05) is 12.1 Å². The number of carbonyl (C=O) groups is 1. The number of fused-ring (bicyclic) bond motifs is 1. The number of thioether (sulfide) groups is 1. The molecule has 0 atom stereocenters. The highest BCUT2D eigenvalue weighted by Crippen LogP contribution is 2.32. The van der Waals surface area contributed by atoms with Crippen molar-refractivity contribution in [2.45, 2.75) is 11.1 Å². The van der Waals surface area contributed by atoms with Gasteiger partial charge < -0.3 is 0 Å². The molecule has 0 aliphatic heterocycles. The zero-order valence-corrected chi connectivity index (χ0v) is 17.4. The number of benzene rings is 1. The topological polar surface area (TPSA) is 50.5 Å². The number of amides is 1. The van der Waals surface area contributed by atoms with Crippen molar-refractivity contribution in [3.05, 3.63) is 78.2 Å². The average molecular weight is 442 g/mol. The van der Waals surface area contributed by atoms with Crippen LogP contribution in [0.4, 0.5) is 19.0 Å². The first-order valence-electron chi connectivity index (χ1n) is 9.21. The molecule has 0 aliphatic rings. The molecule has 0 bridgehead atoms. The summed E-state index contributed by atoms with van der Waals surface area (Å²) in [5.74, 6) is 0.255. The van der Waals surface area contributed by atoms with E-state index in [2.05, 4.69) is 10.1 Å². The number of carbonyl (C=O) groups excluding carboxylic acids is 1. The molecule has 1 aromatic carbocycles.